The Morgan fingerprint density at radius 2 is 2.00 bits per heavy atom. The molecule has 0 fully saturated rings. The smallest absolute Gasteiger partial charge is 0.387 e. The van der Waals surface area contributed by atoms with E-state index in [1.165, 1.54) is 0 Å². The predicted molar refractivity (Wildman–Crippen MR) is 46.9 cm³/mol. The summed E-state index contributed by atoms with van der Waals surface area (Å²) in [6.45, 7) is 3.47. The highest BCUT2D eigenvalue weighted by atomic mass is 32.1. The van der Waals surface area contributed by atoms with Crippen LogP contribution in [0.15, 0.2) is 6.20 Å². The first-order valence-corrected chi connectivity index (χ1v) is 4.85. The highest BCUT2D eigenvalue weighted by molar-refractivity contribution is 7.11. The standard InChI is InChI=1S/C8H10F3NOS/c1-4(2)6(13)5-3-12-7(14-5)8(9,10)11/h3-4,6,13H,1-2H3. The lowest BCUT2D eigenvalue weighted by molar-refractivity contribution is -0.137. The Kier molecular flexibility index (Phi) is 3.16. The first-order valence-electron chi connectivity index (χ1n) is 4.03. The van der Waals surface area contributed by atoms with Crippen molar-refractivity contribution < 1.29 is 18.3 Å². The van der Waals surface area contributed by atoms with E-state index in [1.807, 2.05) is 0 Å². The molecule has 0 aliphatic heterocycles. The van der Waals surface area contributed by atoms with Crippen LogP contribution in [0.4, 0.5) is 13.2 Å². The van der Waals surface area contributed by atoms with Crippen molar-refractivity contribution in [3.63, 3.8) is 0 Å². The number of hydrogen-bond acceptors (Lipinski definition) is 3. The Bertz CT molecular complexity index is 308. The van der Waals surface area contributed by atoms with Gasteiger partial charge in [-0.1, -0.05) is 13.8 Å². The highest BCUT2D eigenvalue weighted by Gasteiger charge is 2.35. The van der Waals surface area contributed by atoms with Crippen molar-refractivity contribution in [2.45, 2.75) is 26.1 Å². The van der Waals surface area contributed by atoms with Gasteiger partial charge in [0.2, 0.25) is 0 Å². The molecule has 1 aromatic rings. The summed E-state index contributed by atoms with van der Waals surface area (Å²) in [5.41, 5.74) is 0. The fourth-order valence-corrected chi connectivity index (χ4v) is 1.83. The van der Waals surface area contributed by atoms with E-state index < -0.39 is 17.3 Å². The summed E-state index contributed by atoms with van der Waals surface area (Å²) in [7, 11) is 0. The molecule has 1 heterocycles. The summed E-state index contributed by atoms with van der Waals surface area (Å²) in [5.74, 6) is -0.114. The number of hydrogen-bond donors (Lipinski definition) is 1. The van der Waals surface area contributed by atoms with Crippen molar-refractivity contribution in [1.29, 1.82) is 0 Å². The van der Waals surface area contributed by atoms with Gasteiger partial charge in [-0.25, -0.2) is 4.98 Å². The van der Waals surface area contributed by atoms with Crippen LogP contribution in [-0.2, 0) is 6.18 Å². The van der Waals surface area contributed by atoms with Gasteiger partial charge in [-0.05, 0) is 5.92 Å². The third-order valence-electron chi connectivity index (χ3n) is 1.69. The largest absolute Gasteiger partial charge is 0.443 e. The summed E-state index contributed by atoms with van der Waals surface area (Å²) in [4.78, 5) is 3.48. The van der Waals surface area contributed by atoms with Crippen molar-refractivity contribution in [3.8, 4) is 0 Å². The summed E-state index contributed by atoms with van der Waals surface area (Å²) < 4.78 is 36.4. The van der Waals surface area contributed by atoms with Gasteiger partial charge in [0.1, 0.15) is 0 Å². The molecule has 0 aromatic carbocycles. The second kappa shape index (κ2) is 3.86. The lowest BCUT2D eigenvalue weighted by atomic mass is 10.1. The average Bonchev–Trinajstić information content (AvgIpc) is 2.49. The van der Waals surface area contributed by atoms with E-state index in [9.17, 15) is 18.3 Å². The highest BCUT2D eigenvalue weighted by Crippen LogP contribution is 2.35. The number of nitrogens with zero attached hydrogens (tertiary/aromatic N) is 1. The van der Waals surface area contributed by atoms with E-state index in [4.69, 9.17) is 0 Å². The molecule has 1 unspecified atom stereocenters. The molecule has 0 spiro atoms. The number of alkyl halides is 3. The summed E-state index contributed by atoms with van der Waals surface area (Å²) in [6.07, 6.45) is -4.21. The van der Waals surface area contributed by atoms with Gasteiger partial charge in [-0.3, -0.25) is 0 Å². The van der Waals surface area contributed by atoms with Crippen LogP contribution in [0.2, 0.25) is 0 Å². The monoisotopic (exact) mass is 225 g/mol. The SMILES string of the molecule is CC(C)C(O)c1cnc(C(F)(F)F)s1. The van der Waals surface area contributed by atoms with Crippen molar-refractivity contribution in [2.75, 3.05) is 0 Å². The van der Waals surface area contributed by atoms with Crippen LogP contribution in [0.1, 0.15) is 29.8 Å². The molecule has 1 aromatic heterocycles. The molecule has 6 heteroatoms. The Hall–Kier alpha value is -0.620. The zero-order valence-corrected chi connectivity index (χ0v) is 8.49. The minimum atomic E-state index is -4.42. The van der Waals surface area contributed by atoms with Gasteiger partial charge in [0, 0.05) is 6.20 Å². The third kappa shape index (κ3) is 2.45. The molecule has 2 nitrogen and oxygen atoms in total. The van der Waals surface area contributed by atoms with Crippen LogP contribution in [0.25, 0.3) is 0 Å². The van der Waals surface area contributed by atoms with Gasteiger partial charge in [-0.2, -0.15) is 13.2 Å². The lowest BCUT2D eigenvalue weighted by Crippen LogP contribution is -2.03. The molecular weight excluding hydrogens is 215 g/mol. The fourth-order valence-electron chi connectivity index (χ4n) is 0.883. The molecule has 14 heavy (non-hydrogen) atoms. The first kappa shape index (κ1) is 11.5. The van der Waals surface area contributed by atoms with Gasteiger partial charge < -0.3 is 5.11 Å². The number of thiazole rings is 1. The maximum absolute atomic E-state index is 12.1. The molecule has 0 saturated carbocycles. The Morgan fingerprint density at radius 3 is 2.36 bits per heavy atom. The molecule has 1 rings (SSSR count). The minimum absolute atomic E-state index is 0.114. The number of aliphatic hydroxyl groups excluding tert-OH is 1. The number of aliphatic hydroxyl groups is 1. The Balaban J connectivity index is 2.89. The summed E-state index contributed by atoms with van der Waals surface area (Å²) in [6, 6.07) is 0. The molecule has 0 aliphatic carbocycles. The zero-order chi connectivity index (χ0) is 10.9. The van der Waals surface area contributed by atoms with Crippen LogP contribution in [0, 0.1) is 5.92 Å². The Labute approximate surface area is 83.4 Å². The second-order valence-electron chi connectivity index (χ2n) is 3.25. The van der Waals surface area contributed by atoms with Gasteiger partial charge in [0.25, 0.3) is 0 Å². The van der Waals surface area contributed by atoms with Crippen LogP contribution in [0.5, 0.6) is 0 Å². The minimum Gasteiger partial charge on any atom is -0.387 e. The van der Waals surface area contributed by atoms with E-state index >= 15 is 0 Å². The quantitative estimate of drug-likeness (QED) is 0.839. The predicted octanol–water partition coefficient (Wildman–Crippen LogP) is 2.85. The fraction of sp³-hybridized carbons (Fsp3) is 0.625. The van der Waals surface area contributed by atoms with E-state index in [-0.39, 0.29) is 10.8 Å². The van der Waals surface area contributed by atoms with Gasteiger partial charge in [0.15, 0.2) is 5.01 Å². The third-order valence-corrected chi connectivity index (χ3v) is 2.80. The van der Waals surface area contributed by atoms with Crippen molar-refractivity contribution in [2.24, 2.45) is 5.92 Å². The first-order chi connectivity index (χ1) is 6.32. The molecule has 1 N–H and O–H groups in total. The van der Waals surface area contributed by atoms with Crippen LogP contribution in [-0.4, -0.2) is 10.1 Å². The molecule has 0 saturated heterocycles. The molecular formula is C8H10F3NOS. The molecule has 0 amide bonds. The maximum atomic E-state index is 12.1. The summed E-state index contributed by atoms with van der Waals surface area (Å²) in [5, 5.41) is 8.57. The normalized spacial score (nSPS) is 14.8. The lowest BCUT2D eigenvalue weighted by Gasteiger charge is -2.10. The van der Waals surface area contributed by atoms with Crippen molar-refractivity contribution in [3.05, 3.63) is 16.1 Å². The topological polar surface area (TPSA) is 33.1 Å². The number of rotatable bonds is 2. The molecule has 0 bridgehead atoms. The van der Waals surface area contributed by atoms with Crippen LogP contribution < -0.4 is 0 Å². The van der Waals surface area contributed by atoms with E-state index in [1.54, 1.807) is 13.8 Å². The second-order valence-corrected chi connectivity index (χ2v) is 4.32. The van der Waals surface area contributed by atoms with Crippen LogP contribution in [0.3, 0.4) is 0 Å². The molecule has 0 aliphatic rings. The molecule has 1 atom stereocenters. The van der Waals surface area contributed by atoms with E-state index in [0.29, 0.717) is 11.3 Å². The average molecular weight is 225 g/mol. The van der Waals surface area contributed by atoms with Gasteiger partial charge in [-0.15, -0.1) is 11.3 Å². The number of halogens is 3. The van der Waals surface area contributed by atoms with Crippen molar-refractivity contribution >= 4 is 11.3 Å². The summed E-state index contributed by atoms with van der Waals surface area (Å²) >= 11 is 0.490. The maximum Gasteiger partial charge on any atom is 0.443 e. The van der Waals surface area contributed by atoms with E-state index in [2.05, 4.69) is 4.98 Å². The van der Waals surface area contributed by atoms with Crippen molar-refractivity contribution in [1.82, 2.24) is 4.98 Å². The van der Waals surface area contributed by atoms with E-state index in [0.717, 1.165) is 6.20 Å². The zero-order valence-electron chi connectivity index (χ0n) is 7.67. The Morgan fingerprint density at radius 1 is 1.43 bits per heavy atom. The van der Waals surface area contributed by atoms with Gasteiger partial charge >= 0.3 is 6.18 Å². The molecule has 80 valence electrons. The number of aromatic nitrogens is 1. The molecule has 0 radical (unpaired) electrons. The van der Waals surface area contributed by atoms with Crippen LogP contribution >= 0.6 is 11.3 Å². The van der Waals surface area contributed by atoms with Gasteiger partial charge in [0.05, 0.1) is 11.0 Å².